The Hall–Kier alpha value is -1.21. The highest BCUT2D eigenvalue weighted by Gasteiger charge is 2.67. The quantitative estimate of drug-likeness (QED) is 0.719. The first-order chi connectivity index (χ1) is 12.1. The van der Waals surface area contributed by atoms with Gasteiger partial charge in [-0.2, -0.15) is 0 Å². The lowest BCUT2D eigenvalue weighted by Gasteiger charge is -2.52. The highest BCUT2D eigenvalue weighted by Crippen LogP contribution is 2.59. The fraction of sp³-hybridized carbons (Fsp3) is 0.737. The van der Waals surface area contributed by atoms with Crippen LogP contribution in [0.15, 0.2) is 24.0 Å². The second kappa shape index (κ2) is 4.74. The van der Waals surface area contributed by atoms with Crippen LogP contribution in [0.2, 0.25) is 0 Å². The van der Waals surface area contributed by atoms with E-state index in [1.165, 1.54) is 18.6 Å². The Labute approximate surface area is 145 Å². The minimum atomic E-state index is -1.43. The number of allylic oxidation sites excluding steroid dienone is 1. The standard InChI is InChI=1S/C19H22O6/c20-11-4-7-19(21)15-13(11)10(9-22-19)8-12-14(15)16-17(23-12)25-18(24-16)5-2-1-3-6-18/h4,7-8,10,13-17,21H,1-3,5-6,9H2/t10?,13-,14?,15-,16+,17+,19?/m0/s1. The lowest BCUT2D eigenvalue weighted by atomic mass is 9.60. The van der Waals surface area contributed by atoms with Gasteiger partial charge in [-0.1, -0.05) is 6.42 Å². The third-order valence-corrected chi connectivity index (χ3v) is 6.91. The molecule has 134 valence electrons. The topological polar surface area (TPSA) is 74.2 Å². The van der Waals surface area contributed by atoms with Crippen LogP contribution in [0, 0.1) is 23.7 Å². The summed E-state index contributed by atoms with van der Waals surface area (Å²) in [6.07, 6.45) is 9.40. The lowest BCUT2D eigenvalue weighted by Crippen LogP contribution is -2.61. The van der Waals surface area contributed by atoms with E-state index in [2.05, 4.69) is 0 Å². The maximum absolute atomic E-state index is 12.5. The molecule has 6 rings (SSSR count). The van der Waals surface area contributed by atoms with Crippen LogP contribution in [0.5, 0.6) is 0 Å². The molecular formula is C19H22O6. The number of hydrogen-bond acceptors (Lipinski definition) is 6. The number of aliphatic hydroxyl groups is 1. The van der Waals surface area contributed by atoms with Crippen LogP contribution in [0.3, 0.4) is 0 Å². The Kier molecular flexibility index (Phi) is 2.83. The number of carbonyl (C=O) groups excluding carboxylic acids is 1. The van der Waals surface area contributed by atoms with Gasteiger partial charge in [0, 0.05) is 30.6 Å². The van der Waals surface area contributed by atoms with Crippen LogP contribution >= 0.6 is 0 Å². The zero-order valence-electron chi connectivity index (χ0n) is 13.9. The van der Waals surface area contributed by atoms with Crippen LogP contribution < -0.4 is 0 Å². The Morgan fingerprint density at radius 1 is 1.12 bits per heavy atom. The maximum atomic E-state index is 12.5. The van der Waals surface area contributed by atoms with E-state index in [4.69, 9.17) is 18.9 Å². The highest BCUT2D eigenvalue weighted by molar-refractivity contribution is 5.94. The molecule has 6 aliphatic rings. The summed E-state index contributed by atoms with van der Waals surface area (Å²) < 4.78 is 24.5. The molecule has 3 heterocycles. The Balaban J connectivity index is 1.40. The van der Waals surface area contributed by atoms with E-state index in [9.17, 15) is 9.90 Å². The van der Waals surface area contributed by atoms with Crippen LogP contribution in [0.4, 0.5) is 0 Å². The van der Waals surface area contributed by atoms with Crippen molar-refractivity contribution in [3.05, 3.63) is 24.0 Å². The molecule has 3 unspecified atom stereocenters. The van der Waals surface area contributed by atoms with Crippen molar-refractivity contribution in [3.8, 4) is 0 Å². The highest BCUT2D eigenvalue weighted by atomic mass is 16.8. The van der Waals surface area contributed by atoms with Gasteiger partial charge in [0.05, 0.1) is 12.5 Å². The molecule has 7 atom stereocenters. The van der Waals surface area contributed by atoms with Gasteiger partial charge in [-0.15, -0.1) is 0 Å². The number of fused-ring (bicyclic) bond motifs is 3. The number of ketones is 1. The number of ether oxygens (including phenoxy) is 4. The van der Waals surface area contributed by atoms with Gasteiger partial charge < -0.3 is 24.1 Å². The van der Waals surface area contributed by atoms with Crippen molar-refractivity contribution >= 4 is 5.78 Å². The molecule has 3 aliphatic heterocycles. The summed E-state index contributed by atoms with van der Waals surface area (Å²) in [7, 11) is 0. The first-order valence-corrected chi connectivity index (χ1v) is 9.42. The average molecular weight is 346 g/mol. The summed E-state index contributed by atoms with van der Waals surface area (Å²) >= 11 is 0. The summed E-state index contributed by atoms with van der Waals surface area (Å²) in [6, 6.07) is 0. The van der Waals surface area contributed by atoms with E-state index in [1.807, 2.05) is 6.08 Å². The summed E-state index contributed by atoms with van der Waals surface area (Å²) in [4.78, 5) is 12.5. The second-order valence-electron chi connectivity index (χ2n) is 8.27. The Morgan fingerprint density at radius 2 is 1.96 bits per heavy atom. The van der Waals surface area contributed by atoms with Crippen LogP contribution in [-0.2, 0) is 23.7 Å². The van der Waals surface area contributed by atoms with Gasteiger partial charge in [0.1, 0.15) is 11.9 Å². The smallest absolute Gasteiger partial charge is 0.229 e. The van der Waals surface area contributed by atoms with Crippen LogP contribution in [0.25, 0.3) is 0 Å². The zero-order chi connectivity index (χ0) is 16.8. The van der Waals surface area contributed by atoms with Gasteiger partial charge in [-0.05, 0) is 31.1 Å². The number of hydrogen-bond donors (Lipinski definition) is 1. The molecule has 3 aliphatic carbocycles. The summed E-state index contributed by atoms with van der Waals surface area (Å²) in [5.74, 6) is -2.02. The molecule has 1 saturated carbocycles. The molecule has 1 N–H and O–H groups in total. The number of carbonyl (C=O) groups is 1. The first-order valence-electron chi connectivity index (χ1n) is 9.42. The van der Waals surface area contributed by atoms with Crippen LogP contribution in [0.1, 0.15) is 32.1 Å². The minimum absolute atomic E-state index is 0.0588. The third-order valence-electron chi connectivity index (χ3n) is 6.91. The zero-order valence-corrected chi connectivity index (χ0v) is 13.9. The summed E-state index contributed by atoms with van der Waals surface area (Å²) in [6.45, 7) is 0.328. The molecule has 4 bridgehead atoms. The van der Waals surface area contributed by atoms with E-state index >= 15 is 0 Å². The second-order valence-corrected chi connectivity index (χ2v) is 8.27. The molecular weight excluding hydrogens is 324 g/mol. The maximum Gasteiger partial charge on any atom is 0.229 e. The molecule has 0 aromatic rings. The average Bonchev–Trinajstić information content (AvgIpc) is 3.09. The van der Waals surface area contributed by atoms with Crippen molar-refractivity contribution in [2.45, 2.75) is 56.1 Å². The van der Waals surface area contributed by atoms with Gasteiger partial charge in [0.15, 0.2) is 17.4 Å². The molecule has 0 radical (unpaired) electrons. The van der Waals surface area contributed by atoms with E-state index < -0.39 is 17.9 Å². The SMILES string of the molecule is O=C1C=CC2(O)OCC3C=C4O[C@@H]5OC6(CCCCC6)O[C@@H]5C4[C@@H]2[C@H]13. The molecule has 6 heteroatoms. The molecule has 1 spiro atoms. The van der Waals surface area contributed by atoms with Crippen molar-refractivity contribution < 1.29 is 28.8 Å². The third kappa shape index (κ3) is 1.86. The molecule has 0 aromatic heterocycles. The van der Waals surface area contributed by atoms with Crippen molar-refractivity contribution in [2.75, 3.05) is 6.61 Å². The normalized spacial score (nSPS) is 51.7. The van der Waals surface area contributed by atoms with Gasteiger partial charge in [0.2, 0.25) is 6.29 Å². The van der Waals surface area contributed by atoms with Gasteiger partial charge >= 0.3 is 0 Å². The van der Waals surface area contributed by atoms with Crippen molar-refractivity contribution in [3.63, 3.8) is 0 Å². The number of rotatable bonds is 0. The van der Waals surface area contributed by atoms with E-state index in [0.29, 0.717) is 6.61 Å². The molecule has 25 heavy (non-hydrogen) atoms. The molecule has 0 amide bonds. The fourth-order valence-corrected chi connectivity index (χ4v) is 5.83. The van der Waals surface area contributed by atoms with Gasteiger partial charge in [-0.25, -0.2) is 0 Å². The lowest BCUT2D eigenvalue weighted by molar-refractivity contribution is -0.275. The molecule has 0 aromatic carbocycles. The monoisotopic (exact) mass is 346 g/mol. The minimum Gasteiger partial charge on any atom is -0.466 e. The predicted molar refractivity (Wildman–Crippen MR) is 83.7 cm³/mol. The molecule has 4 fully saturated rings. The first kappa shape index (κ1) is 14.9. The van der Waals surface area contributed by atoms with Crippen molar-refractivity contribution in [1.29, 1.82) is 0 Å². The van der Waals surface area contributed by atoms with Gasteiger partial charge in [0.25, 0.3) is 0 Å². The van der Waals surface area contributed by atoms with E-state index in [-0.39, 0.29) is 35.6 Å². The van der Waals surface area contributed by atoms with Crippen LogP contribution in [-0.4, -0.2) is 41.5 Å². The van der Waals surface area contributed by atoms with Gasteiger partial charge in [-0.3, -0.25) is 4.79 Å². The fourth-order valence-electron chi connectivity index (χ4n) is 5.83. The molecule has 3 saturated heterocycles. The summed E-state index contributed by atoms with van der Waals surface area (Å²) in [5, 5.41) is 11.1. The van der Waals surface area contributed by atoms with E-state index in [1.54, 1.807) is 0 Å². The van der Waals surface area contributed by atoms with E-state index in [0.717, 1.165) is 31.4 Å². The Bertz CT molecular complexity index is 692. The van der Waals surface area contributed by atoms with Crippen molar-refractivity contribution in [1.82, 2.24) is 0 Å². The van der Waals surface area contributed by atoms with Crippen molar-refractivity contribution in [2.24, 2.45) is 23.7 Å². The summed E-state index contributed by atoms with van der Waals surface area (Å²) in [5.41, 5.74) is 0. The largest absolute Gasteiger partial charge is 0.466 e. The molecule has 6 nitrogen and oxygen atoms in total. The Morgan fingerprint density at radius 3 is 2.80 bits per heavy atom. The predicted octanol–water partition coefficient (Wildman–Crippen LogP) is 1.64.